The minimum Gasteiger partial charge on any atom is -0.502 e. The summed E-state index contributed by atoms with van der Waals surface area (Å²) in [6.45, 7) is 1.35. The van der Waals surface area contributed by atoms with Crippen LogP contribution in [-0.4, -0.2) is 51.2 Å². The van der Waals surface area contributed by atoms with E-state index in [9.17, 15) is 19.4 Å². The van der Waals surface area contributed by atoms with E-state index in [1.54, 1.807) is 31.2 Å². The van der Waals surface area contributed by atoms with Crippen LogP contribution in [0, 0.1) is 11.8 Å². The quantitative estimate of drug-likeness (QED) is 0.309. The number of hydrogen-bond donors (Lipinski definition) is 5. The van der Waals surface area contributed by atoms with Crippen molar-refractivity contribution >= 4 is 0 Å². The van der Waals surface area contributed by atoms with E-state index in [-0.39, 0.29) is 24.3 Å². The Morgan fingerprint density at radius 2 is 1.65 bits per heavy atom. The van der Waals surface area contributed by atoms with Crippen LogP contribution in [0.15, 0.2) is 59.7 Å². The lowest BCUT2D eigenvalue weighted by Gasteiger charge is -2.20. The molecule has 3 aromatic rings. The summed E-state index contributed by atoms with van der Waals surface area (Å²) in [5.41, 5.74) is 2.81. The summed E-state index contributed by atoms with van der Waals surface area (Å²) < 4.78 is 12.9. The number of benzene rings is 2. The van der Waals surface area contributed by atoms with Crippen molar-refractivity contribution in [1.29, 1.82) is 0 Å². The molecule has 1 heterocycles. The Morgan fingerprint density at radius 1 is 1.06 bits per heavy atom. The van der Waals surface area contributed by atoms with Gasteiger partial charge in [-0.2, -0.15) is 0 Å². The van der Waals surface area contributed by atoms with Crippen LogP contribution in [0.4, 0.5) is 4.39 Å². The van der Waals surface area contributed by atoms with Crippen LogP contribution >= 0.6 is 0 Å². The third-order valence-corrected chi connectivity index (χ3v) is 5.49. The number of alkyl halides is 1. The van der Waals surface area contributed by atoms with Crippen molar-refractivity contribution in [2.45, 2.75) is 31.4 Å². The summed E-state index contributed by atoms with van der Waals surface area (Å²) >= 11 is 0. The number of hydrogen-bond acceptors (Lipinski definition) is 6. The van der Waals surface area contributed by atoms with E-state index in [0.717, 1.165) is 16.7 Å². The average molecular weight is 466 g/mol. The van der Waals surface area contributed by atoms with Crippen molar-refractivity contribution in [3.05, 3.63) is 93.2 Å². The minimum atomic E-state index is -0.906. The van der Waals surface area contributed by atoms with Crippen molar-refractivity contribution in [3.63, 3.8) is 0 Å². The number of aromatic amines is 1. The third kappa shape index (κ3) is 6.75. The molecule has 0 aliphatic carbocycles. The molecule has 7 nitrogen and oxygen atoms in total. The van der Waals surface area contributed by atoms with Crippen LogP contribution in [-0.2, 0) is 6.42 Å². The normalized spacial score (nSPS) is 13.5. The van der Waals surface area contributed by atoms with Gasteiger partial charge >= 0.3 is 0 Å². The highest BCUT2D eigenvalue weighted by Gasteiger charge is 2.18. The first-order valence-corrected chi connectivity index (χ1v) is 11.0. The second kappa shape index (κ2) is 12.1. The highest BCUT2D eigenvalue weighted by atomic mass is 19.1. The van der Waals surface area contributed by atoms with Gasteiger partial charge in [-0.05, 0) is 42.3 Å². The van der Waals surface area contributed by atoms with Gasteiger partial charge in [-0.25, -0.2) is 9.37 Å². The Morgan fingerprint density at radius 3 is 2.21 bits per heavy atom. The smallest absolute Gasteiger partial charge is 0.293 e. The van der Waals surface area contributed by atoms with Gasteiger partial charge < -0.3 is 25.6 Å². The van der Waals surface area contributed by atoms with Crippen molar-refractivity contribution in [2.24, 2.45) is 0 Å². The maximum Gasteiger partial charge on any atom is 0.293 e. The molecule has 0 aliphatic rings. The first-order chi connectivity index (χ1) is 16.4. The molecule has 0 saturated carbocycles. The van der Waals surface area contributed by atoms with Crippen LogP contribution in [0.5, 0.6) is 5.75 Å². The molecule has 0 fully saturated rings. The lowest BCUT2D eigenvalue weighted by atomic mass is 9.92. The zero-order valence-corrected chi connectivity index (χ0v) is 18.8. The third-order valence-electron chi connectivity index (χ3n) is 5.49. The largest absolute Gasteiger partial charge is 0.502 e. The molecule has 0 saturated heterocycles. The average Bonchev–Trinajstić information content (AvgIpc) is 2.87. The van der Waals surface area contributed by atoms with Gasteiger partial charge in [0.05, 0.1) is 18.6 Å². The van der Waals surface area contributed by atoms with E-state index in [2.05, 4.69) is 27.1 Å². The number of aromatic hydroxyl groups is 1. The van der Waals surface area contributed by atoms with Crippen molar-refractivity contribution < 1.29 is 19.7 Å². The molecule has 5 N–H and O–H groups in total. The Labute approximate surface area is 197 Å². The number of rotatable bonds is 9. The molecule has 0 aliphatic heterocycles. The molecule has 3 rings (SSSR count). The summed E-state index contributed by atoms with van der Waals surface area (Å²) in [4.78, 5) is 18.2. The van der Waals surface area contributed by atoms with Crippen molar-refractivity contribution in [2.75, 3.05) is 19.8 Å². The first kappa shape index (κ1) is 25.1. The predicted molar refractivity (Wildman–Crippen MR) is 127 cm³/mol. The van der Waals surface area contributed by atoms with E-state index >= 15 is 0 Å². The molecule has 3 atom stereocenters. The number of H-pyrrole nitrogens is 1. The van der Waals surface area contributed by atoms with Crippen LogP contribution in [0.1, 0.15) is 46.9 Å². The second-order valence-corrected chi connectivity index (χ2v) is 8.08. The molecular formula is C26H28FN3O4. The van der Waals surface area contributed by atoms with E-state index in [1.807, 2.05) is 24.3 Å². The van der Waals surface area contributed by atoms with E-state index in [0.29, 0.717) is 18.5 Å². The van der Waals surface area contributed by atoms with Crippen LogP contribution < -0.4 is 10.9 Å². The Kier molecular flexibility index (Phi) is 8.93. The van der Waals surface area contributed by atoms with Gasteiger partial charge in [0.1, 0.15) is 12.8 Å². The van der Waals surface area contributed by atoms with Crippen molar-refractivity contribution in [1.82, 2.24) is 15.3 Å². The van der Waals surface area contributed by atoms with Gasteiger partial charge in [-0.3, -0.25) is 4.79 Å². The second-order valence-electron chi connectivity index (χ2n) is 8.08. The summed E-state index contributed by atoms with van der Waals surface area (Å²) in [7, 11) is 0. The van der Waals surface area contributed by atoms with Crippen LogP contribution in [0.2, 0.25) is 0 Å². The molecule has 0 spiro atoms. The molecule has 34 heavy (non-hydrogen) atoms. The monoisotopic (exact) mass is 465 g/mol. The standard InChI is InChI=1S/C26H28FN3O4/c1-17(13-27)28-14-22(12-23-25(33)26(34)30-16-29-23)20-8-4-18(5-9-20)2-3-19-6-10-21(11-7-19)24(32)15-31/h4-11,16-17,22,24,28,31-33H,12-15H2,1H3,(H,29,30,34)/t17?,22-,24?/m1/s1. The van der Waals surface area contributed by atoms with E-state index < -0.39 is 24.1 Å². The number of aromatic nitrogens is 2. The van der Waals surface area contributed by atoms with Gasteiger partial charge in [-0.15, -0.1) is 0 Å². The van der Waals surface area contributed by atoms with Crippen molar-refractivity contribution in [3.8, 4) is 17.6 Å². The van der Waals surface area contributed by atoms with E-state index in [1.165, 1.54) is 6.33 Å². The summed E-state index contributed by atoms with van der Waals surface area (Å²) in [6.07, 6.45) is 0.650. The topological polar surface area (TPSA) is 118 Å². The fourth-order valence-corrected chi connectivity index (χ4v) is 3.39. The zero-order chi connectivity index (χ0) is 24.5. The number of nitrogens with one attached hydrogen (secondary N) is 2. The molecule has 2 unspecified atom stereocenters. The van der Waals surface area contributed by atoms with Gasteiger partial charge in [-0.1, -0.05) is 36.1 Å². The predicted octanol–water partition coefficient (Wildman–Crippen LogP) is 2.17. The molecule has 0 amide bonds. The Balaban J connectivity index is 1.77. The number of aliphatic hydroxyl groups excluding tert-OH is 2. The lowest BCUT2D eigenvalue weighted by molar-refractivity contribution is 0.0956. The molecule has 1 aromatic heterocycles. The zero-order valence-electron chi connectivity index (χ0n) is 18.8. The van der Waals surface area contributed by atoms with Crippen LogP contribution in [0.3, 0.4) is 0 Å². The molecule has 0 bridgehead atoms. The highest BCUT2D eigenvalue weighted by molar-refractivity contribution is 5.44. The summed E-state index contributed by atoms with van der Waals surface area (Å²) in [5.74, 6) is 5.59. The number of nitrogens with zero attached hydrogens (tertiary/aromatic N) is 1. The molecule has 8 heteroatoms. The molecule has 178 valence electrons. The molecule has 2 aromatic carbocycles. The van der Waals surface area contributed by atoms with Gasteiger partial charge in [0, 0.05) is 36.1 Å². The lowest BCUT2D eigenvalue weighted by Crippen LogP contribution is -2.32. The van der Waals surface area contributed by atoms with E-state index in [4.69, 9.17) is 5.11 Å². The minimum absolute atomic E-state index is 0.151. The SMILES string of the molecule is CC(CF)NC[C@@H](Cc1nc[nH]c(=O)c1O)c1ccc(C#Cc2ccc(C(O)CO)cc2)cc1. The fraction of sp³-hybridized carbons (Fsp3) is 0.308. The highest BCUT2D eigenvalue weighted by Crippen LogP contribution is 2.23. The van der Waals surface area contributed by atoms with Gasteiger partial charge in [0.2, 0.25) is 5.75 Å². The maximum absolute atomic E-state index is 12.9. The fourth-order valence-electron chi connectivity index (χ4n) is 3.39. The number of halogens is 1. The summed E-state index contributed by atoms with van der Waals surface area (Å²) in [6, 6.07) is 14.3. The van der Waals surface area contributed by atoms with Gasteiger partial charge in [0.25, 0.3) is 5.56 Å². The Hall–Kier alpha value is -3.51. The molecular weight excluding hydrogens is 437 g/mol. The van der Waals surface area contributed by atoms with Gasteiger partial charge in [0.15, 0.2) is 0 Å². The Bertz CT molecular complexity index is 1180. The summed E-state index contributed by atoms with van der Waals surface area (Å²) in [5, 5.41) is 31.9. The maximum atomic E-state index is 12.9. The number of aliphatic hydroxyl groups is 2. The first-order valence-electron chi connectivity index (χ1n) is 11.0. The molecule has 0 radical (unpaired) electrons. The van der Waals surface area contributed by atoms with Crippen LogP contribution in [0.25, 0.3) is 0 Å².